The topological polar surface area (TPSA) is 49.8 Å². The zero-order chi connectivity index (χ0) is 14.5. The number of hydrogen-bond acceptors (Lipinski definition) is 3. The second-order valence-corrected chi connectivity index (χ2v) is 5.21. The summed E-state index contributed by atoms with van der Waals surface area (Å²) in [6, 6.07) is 6.15. The lowest BCUT2D eigenvalue weighted by atomic mass is 10.1. The number of benzene rings is 1. The van der Waals surface area contributed by atoms with E-state index in [1.807, 2.05) is 12.1 Å². The third-order valence-corrected chi connectivity index (χ3v) is 3.53. The SMILES string of the molecule is COCCN(c1ccc(/C=C/C(=O)O)cc1Cl)C1CC1. The van der Waals surface area contributed by atoms with Gasteiger partial charge in [-0.3, -0.25) is 0 Å². The molecule has 1 aliphatic carbocycles. The Kier molecular flexibility index (Phi) is 5.04. The van der Waals surface area contributed by atoms with Gasteiger partial charge < -0.3 is 14.7 Å². The largest absolute Gasteiger partial charge is 0.478 e. The number of carboxylic acids is 1. The van der Waals surface area contributed by atoms with Crippen LogP contribution in [-0.4, -0.2) is 37.4 Å². The number of hydrogen-bond donors (Lipinski definition) is 1. The molecule has 0 aromatic heterocycles. The van der Waals surface area contributed by atoms with E-state index in [0.717, 1.165) is 23.9 Å². The van der Waals surface area contributed by atoms with Gasteiger partial charge in [0.1, 0.15) is 0 Å². The third kappa shape index (κ3) is 3.99. The number of carboxylic acid groups (broad SMARTS) is 1. The summed E-state index contributed by atoms with van der Waals surface area (Å²) >= 11 is 6.33. The highest BCUT2D eigenvalue weighted by molar-refractivity contribution is 6.33. The first-order valence-electron chi connectivity index (χ1n) is 6.58. The predicted octanol–water partition coefficient (Wildman–Crippen LogP) is 3.05. The predicted molar refractivity (Wildman–Crippen MR) is 80.4 cm³/mol. The Bertz CT molecular complexity index is 512. The molecule has 1 fully saturated rings. The van der Waals surface area contributed by atoms with Gasteiger partial charge in [-0.2, -0.15) is 0 Å². The molecule has 0 bridgehead atoms. The van der Waals surface area contributed by atoms with Crippen LogP contribution in [0, 0.1) is 0 Å². The van der Waals surface area contributed by atoms with Gasteiger partial charge >= 0.3 is 5.97 Å². The van der Waals surface area contributed by atoms with Gasteiger partial charge in [0.05, 0.1) is 17.3 Å². The first-order valence-corrected chi connectivity index (χ1v) is 6.95. The summed E-state index contributed by atoms with van der Waals surface area (Å²) < 4.78 is 5.14. The van der Waals surface area contributed by atoms with Crippen LogP contribution in [0.2, 0.25) is 5.02 Å². The molecule has 0 unspecified atom stereocenters. The van der Waals surface area contributed by atoms with Gasteiger partial charge in [-0.1, -0.05) is 17.7 Å². The summed E-state index contributed by atoms with van der Waals surface area (Å²) in [7, 11) is 1.69. The fourth-order valence-electron chi connectivity index (χ4n) is 2.10. The Morgan fingerprint density at radius 1 is 1.55 bits per heavy atom. The van der Waals surface area contributed by atoms with Crippen LogP contribution in [0.3, 0.4) is 0 Å². The molecule has 1 aromatic carbocycles. The van der Waals surface area contributed by atoms with E-state index in [-0.39, 0.29) is 0 Å². The van der Waals surface area contributed by atoms with E-state index >= 15 is 0 Å². The van der Waals surface area contributed by atoms with Gasteiger partial charge in [-0.15, -0.1) is 0 Å². The van der Waals surface area contributed by atoms with E-state index in [1.54, 1.807) is 13.2 Å². The molecule has 0 amide bonds. The van der Waals surface area contributed by atoms with Crippen molar-refractivity contribution in [2.45, 2.75) is 18.9 Å². The second-order valence-electron chi connectivity index (χ2n) is 4.80. The molecule has 0 radical (unpaired) electrons. The summed E-state index contributed by atoms with van der Waals surface area (Å²) in [5, 5.41) is 9.26. The molecule has 0 atom stereocenters. The number of halogens is 1. The molecule has 20 heavy (non-hydrogen) atoms. The minimum absolute atomic E-state index is 0.545. The number of anilines is 1. The summed E-state index contributed by atoms with van der Waals surface area (Å²) in [4.78, 5) is 12.8. The Labute approximate surface area is 123 Å². The van der Waals surface area contributed by atoms with Crippen molar-refractivity contribution in [1.82, 2.24) is 0 Å². The maximum absolute atomic E-state index is 10.5. The van der Waals surface area contributed by atoms with Crippen molar-refractivity contribution in [2.75, 3.05) is 25.2 Å². The highest BCUT2D eigenvalue weighted by Crippen LogP contribution is 2.36. The van der Waals surface area contributed by atoms with E-state index < -0.39 is 5.97 Å². The molecule has 2 rings (SSSR count). The third-order valence-electron chi connectivity index (χ3n) is 3.22. The van der Waals surface area contributed by atoms with Crippen molar-refractivity contribution in [1.29, 1.82) is 0 Å². The van der Waals surface area contributed by atoms with Crippen molar-refractivity contribution in [3.8, 4) is 0 Å². The van der Waals surface area contributed by atoms with Crippen LogP contribution < -0.4 is 4.90 Å². The number of aliphatic carboxylic acids is 1. The molecule has 1 aliphatic rings. The van der Waals surface area contributed by atoms with Crippen LogP contribution in [0.5, 0.6) is 0 Å². The highest BCUT2D eigenvalue weighted by Gasteiger charge is 2.29. The monoisotopic (exact) mass is 295 g/mol. The van der Waals surface area contributed by atoms with E-state index in [0.29, 0.717) is 17.7 Å². The average molecular weight is 296 g/mol. The van der Waals surface area contributed by atoms with E-state index in [4.69, 9.17) is 21.4 Å². The highest BCUT2D eigenvalue weighted by atomic mass is 35.5. The van der Waals surface area contributed by atoms with Crippen LogP contribution in [0.15, 0.2) is 24.3 Å². The zero-order valence-electron chi connectivity index (χ0n) is 11.4. The first-order chi connectivity index (χ1) is 9.61. The van der Waals surface area contributed by atoms with E-state index in [1.165, 1.54) is 18.9 Å². The molecule has 0 aliphatic heterocycles. The lowest BCUT2D eigenvalue weighted by Crippen LogP contribution is -2.29. The number of methoxy groups -OCH3 is 1. The summed E-state index contributed by atoms with van der Waals surface area (Å²) in [5.41, 5.74) is 1.77. The fourth-order valence-corrected chi connectivity index (χ4v) is 2.40. The number of nitrogens with zero attached hydrogens (tertiary/aromatic N) is 1. The summed E-state index contributed by atoms with van der Waals surface area (Å²) in [6.45, 7) is 1.47. The number of carbonyl (C=O) groups is 1. The Hall–Kier alpha value is -1.52. The maximum Gasteiger partial charge on any atom is 0.328 e. The lowest BCUT2D eigenvalue weighted by molar-refractivity contribution is -0.131. The molecule has 4 nitrogen and oxygen atoms in total. The summed E-state index contributed by atoms with van der Waals surface area (Å²) in [5.74, 6) is -0.968. The van der Waals surface area contributed by atoms with Gasteiger partial charge in [0.2, 0.25) is 0 Å². The Morgan fingerprint density at radius 2 is 2.30 bits per heavy atom. The van der Waals surface area contributed by atoms with Crippen molar-refractivity contribution < 1.29 is 14.6 Å². The average Bonchev–Trinajstić information content (AvgIpc) is 3.23. The summed E-state index contributed by atoms with van der Waals surface area (Å²) in [6.07, 6.45) is 5.00. The van der Waals surface area contributed by atoms with E-state index in [2.05, 4.69) is 4.90 Å². The van der Waals surface area contributed by atoms with Gasteiger partial charge in [0.15, 0.2) is 0 Å². The van der Waals surface area contributed by atoms with Gasteiger partial charge in [-0.25, -0.2) is 4.79 Å². The van der Waals surface area contributed by atoms with Gasteiger partial charge in [0.25, 0.3) is 0 Å². The molecular weight excluding hydrogens is 278 g/mol. The van der Waals surface area contributed by atoms with Crippen LogP contribution in [-0.2, 0) is 9.53 Å². The van der Waals surface area contributed by atoms with Crippen LogP contribution >= 0.6 is 11.6 Å². The first kappa shape index (κ1) is 14.9. The lowest BCUT2D eigenvalue weighted by Gasteiger charge is -2.25. The van der Waals surface area contributed by atoms with Crippen molar-refractivity contribution in [3.63, 3.8) is 0 Å². The molecule has 5 heteroatoms. The van der Waals surface area contributed by atoms with Gasteiger partial charge in [0, 0.05) is 25.8 Å². The Balaban J connectivity index is 2.16. The second kappa shape index (κ2) is 6.77. The minimum Gasteiger partial charge on any atom is -0.478 e. The normalized spacial score (nSPS) is 14.7. The fraction of sp³-hybridized carbons (Fsp3) is 0.400. The maximum atomic E-state index is 10.5. The van der Waals surface area contributed by atoms with Crippen LogP contribution in [0.4, 0.5) is 5.69 Å². The molecule has 108 valence electrons. The van der Waals surface area contributed by atoms with Crippen LogP contribution in [0.1, 0.15) is 18.4 Å². The number of rotatable bonds is 7. The zero-order valence-corrected chi connectivity index (χ0v) is 12.1. The molecule has 1 N–H and O–H groups in total. The van der Waals surface area contributed by atoms with Crippen molar-refractivity contribution in [3.05, 3.63) is 34.9 Å². The number of ether oxygens (including phenoxy) is 1. The Morgan fingerprint density at radius 3 is 2.85 bits per heavy atom. The molecule has 1 saturated carbocycles. The molecule has 0 heterocycles. The smallest absolute Gasteiger partial charge is 0.328 e. The molecule has 0 saturated heterocycles. The van der Waals surface area contributed by atoms with Crippen molar-refractivity contribution in [2.24, 2.45) is 0 Å². The molecular formula is C15H18ClNO3. The van der Waals surface area contributed by atoms with Crippen molar-refractivity contribution >= 4 is 29.3 Å². The quantitative estimate of drug-likeness (QED) is 0.786. The molecule has 1 aromatic rings. The van der Waals surface area contributed by atoms with Gasteiger partial charge in [-0.05, 0) is 36.6 Å². The van der Waals surface area contributed by atoms with Crippen LogP contribution in [0.25, 0.3) is 6.08 Å². The van der Waals surface area contributed by atoms with E-state index in [9.17, 15) is 4.79 Å². The molecule has 0 spiro atoms. The minimum atomic E-state index is -0.968. The standard InChI is InChI=1S/C15H18ClNO3/c1-20-9-8-17(12-4-5-12)14-6-2-11(10-13(14)16)3-7-15(18)19/h2-3,6-7,10,12H,4-5,8-9H2,1H3,(H,18,19)/b7-3+.